The summed E-state index contributed by atoms with van der Waals surface area (Å²) in [5, 5.41) is 9.31. The highest BCUT2D eigenvalue weighted by Gasteiger charge is 2.31. The molecule has 2 rings (SSSR count). The Balaban J connectivity index is 2.36. The number of hydrogen-bond donors (Lipinski definition) is 1. The van der Waals surface area contributed by atoms with Gasteiger partial charge in [0.2, 0.25) is 0 Å². The molecule has 4 heteroatoms. The fourth-order valence-corrected chi connectivity index (χ4v) is 3.75. The Kier molecular flexibility index (Phi) is 4.35. The molecule has 1 N–H and O–H groups in total. The van der Waals surface area contributed by atoms with Gasteiger partial charge in [-0.1, -0.05) is 26.7 Å². The van der Waals surface area contributed by atoms with Crippen molar-refractivity contribution in [2.24, 2.45) is 11.8 Å². The lowest BCUT2D eigenvalue weighted by atomic mass is 9.77. The van der Waals surface area contributed by atoms with Gasteiger partial charge in [0, 0.05) is 15.8 Å². The second-order valence-electron chi connectivity index (χ2n) is 5.52. The van der Waals surface area contributed by atoms with E-state index in [1.807, 2.05) is 10.8 Å². The first-order valence-electron chi connectivity index (χ1n) is 6.61. The number of aromatic nitrogens is 1. The van der Waals surface area contributed by atoms with Crippen molar-refractivity contribution >= 4 is 28.6 Å². The second kappa shape index (κ2) is 5.63. The van der Waals surface area contributed by atoms with Crippen molar-refractivity contribution in [1.29, 1.82) is 0 Å². The average molecular weight is 361 g/mol. The van der Waals surface area contributed by atoms with Crippen LogP contribution in [0, 0.1) is 15.4 Å². The minimum absolute atomic E-state index is 0.355. The Bertz CT molecular complexity index is 439. The summed E-state index contributed by atoms with van der Waals surface area (Å²) in [5.41, 5.74) is 0.442. The van der Waals surface area contributed by atoms with E-state index in [0.717, 1.165) is 9.99 Å². The van der Waals surface area contributed by atoms with Crippen LogP contribution in [0.15, 0.2) is 12.3 Å². The summed E-state index contributed by atoms with van der Waals surface area (Å²) in [4.78, 5) is 11.3. The molecule has 2 atom stereocenters. The lowest BCUT2D eigenvalue weighted by molar-refractivity contribution is 0.0673. The van der Waals surface area contributed by atoms with Crippen LogP contribution in [0.25, 0.3) is 0 Å². The van der Waals surface area contributed by atoms with Crippen LogP contribution < -0.4 is 0 Å². The monoisotopic (exact) mass is 361 g/mol. The maximum atomic E-state index is 11.3. The smallest absolute Gasteiger partial charge is 0.352 e. The molecule has 1 fully saturated rings. The Labute approximate surface area is 122 Å². The van der Waals surface area contributed by atoms with Gasteiger partial charge in [0.1, 0.15) is 5.69 Å². The number of hydrogen-bond acceptors (Lipinski definition) is 1. The molecule has 0 bridgehead atoms. The molecule has 1 aromatic heterocycles. The largest absolute Gasteiger partial charge is 0.477 e. The summed E-state index contributed by atoms with van der Waals surface area (Å²) in [7, 11) is 0. The number of nitrogens with zero attached hydrogens (tertiary/aromatic N) is 1. The molecule has 1 aliphatic rings. The number of aromatic carboxylic acids is 1. The lowest BCUT2D eigenvalue weighted by Gasteiger charge is -2.36. The zero-order valence-electron chi connectivity index (χ0n) is 10.9. The molecule has 18 heavy (non-hydrogen) atoms. The zero-order valence-corrected chi connectivity index (χ0v) is 13.1. The van der Waals surface area contributed by atoms with Crippen LogP contribution in [-0.4, -0.2) is 15.6 Å². The second-order valence-corrected chi connectivity index (χ2v) is 6.76. The molecule has 2 unspecified atom stereocenters. The van der Waals surface area contributed by atoms with Gasteiger partial charge in [-0.05, 0) is 53.3 Å². The first kappa shape index (κ1) is 13.9. The Hall–Kier alpha value is -0.520. The van der Waals surface area contributed by atoms with Crippen LogP contribution in [0.3, 0.4) is 0 Å². The average Bonchev–Trinajstić information content (AvgIpc) is 2.71. The molecule has 0 radical (unpaired) electrons. The molecule has 1 heterocycles. The summed E-state index contributed by atoms with van der Waals surface area (Å²) in [6, 6.07) is 2.13. The number of carboxylic acid groups (broad SMARTS) is 1. The van der Waals surface area contributed by atoms with Crippen molar-refractivity contribution in [3.8, 4) is 0 Å². The molecule has 1 aliphatic carbocycles. The normalized spacial score (nSPS) is 24.4. The van der Waals surface area contributed by atoms with E-state index in [-0.39, 0.29) is 0 Å². The van der Waals surface area contributed by atoms with E-state index in [4.69, 9.17) is 0 Å². The third-order valence-corrected chi connectivity index (χ3v) is 4.62. The van der Waals surface area contributed by atoms with Crippen LogP contribution in [-0.2, 0) is 0 Å². The first-order chi connectivity index (χ1) is 8.50. The van der Waals surface area contributed by atoms with Crippen LogP contribution >= 0.6 is 22.6 Å². The third-order valence-electron chi connectivity index (χ3n) is 4.03. The summed E-state index contributed by atoms with van der Waals surface area (Å²) >= 11 is 2.20. The Morgan fingerprint density at radius 3 is 2.72 bits per heavy atom. The van der Waals surface area contributed by atoms with Gasteiger partial charge in [0.15, 0.2) is 0 Å². The van der Waals surface area contributed by atoms with Crippen molar-refractivity contribution in [2.45, 2.75) is 45.6 Å². The minimum Gasteiger partial charge on any atom is -0.477 e. The Morgan fingerprint density at radius 2 is 2.11 bits per heavy atom. The summed E-state index contributed by atoms with van der Waals surface area (Å²) < 4.78 is 3.02. The van der Waals surface area contributed by atoms with Gasteiger partial charge in [0.05, 0.1) is 0 Å². The summed E-state index contributed by atoms with van der Waals surface area (Å²) in [6.07, 6.45) is 6.81. The van der Waals surface area contributed by atoms with E-state index < -0.39 is 5.97 Å². The Morgan fingerprint density at radius 1 is 1.44 bits per heavy atom. The predicted octanol–water partition coefficient (Wildman–Crippen LogP) is 4.18. The quantitative estimate of drug-likeness (QED) is 0.821. The predicted molar refractivity (Wildman–Crippen MR) is 79.9 cm³/mol. The molecule has 3 nitrogen and oxygen atoms in total. The van der Waals surface area contributed by atoms with Gasteiger partial charge in [-0.2, -0.15) is 0 Å². The van der Waals surface area contributed by atoms with Gasteiger partial charge in [-0.25, -0.2) is 4.79 Å². The summed E-state index contributed by atoms with van der Waals surface area (Å²) in [6.45, 7) is 4.50. The zero-order chi connectivity index (χ0) is 13.3. The standard InChI is InChI=1S/C14H20INO2/c1-9(2)11-5-3-4-6-12(11)16-8-10(15)7-13(16)14(17)18/h7-9,11-12H,3-6H2,1-2H3,(H,17,18). The van der Waals surface area contributed by atoms with E-state index in [2.05, 4.69) is 36.4 Å². The van der Waals surface area contributed by atoms with Gasteiger partial charge >= 0.3 is 5.97 Å². The number of halogens is 1. The highest BCUT2D eigenvalue weighted by Crippen LogP contribution is 2.39. The molecular weight excluding hydrogens is 341 g/mol. The van der Waals surface area contributed by atoms with Gasteiger partial charge in [-0.3, -0.25) is 0 Å². The van der Waals surface area contributed by atoms with E-state index in [9.17, 15) is 9.90 Å². The molecule has 0 spiro atoms. The minimum atomic E-state index is -0.814. The SMILES string of the molecule is CC(C)C1CCCCC1n1cc(I)cc1C(=O)O. The van der Waals surface area contributed by atoms with Crippen molar-refractivity contribution in [3.63, 3.8) is 0 Å². The third kappa shape index (κ3) is 2.73. The maximum Gasteiger partial charge on any atom is 0.352 e. The van der Waals surface area contributed by atoms with Crippen molar-refractivity contribution in [3.05, 3.63) is 21.5 Å². The van der Waals surface area contributed by atoms with E-state index in [0.29, 0.717) is 23.6 Å². The molecule has 0 saturated heterocycles. The van der Waals surface area contributed by atoms with Gasteiger partial charge in [-0.15, -0.1) is 0 Å². The molecule has 1 aromatic rings. The van der Waals surface area contributed by atoms with Crippen LogP contribution in [0.4, 0.5) is 0 Å². The van der Waals surface area contributed by atoms with Crippen LogP contribution in [0.5, 0.6) is 0 Å². The molecule has 0 aromatic carbocycles. The van der Waals surface area contributed by atoms with Gasteiger partial charge in [0.25, 0.3) is 0 Å². The van der Waals surface area contributed by atoms with Crippen molar-refractivity contribution in [2.75, 3.05) is 0 Å². The van der Waals surface area contributed by atoms with Crippen LogP contribution in [0.1, 0.15) is 56.1 Å². The van der Waals surface area contributed by atoms with Crippen LogP contribution in [0.2, 0.25) is 0 Å². The number of rotatable bonds is 3. The molecule has 100 valence electrons. The van der Waals surface area contributed by atoms with Crippen molar-refractivity contribution in [1.82, 2.24) is 4.57 Å². The fraction of sp³-hybridized carbons (Fsp3) is 0.643. The van der Waals surface area contributed by atoms with Crippen molar-refractivity contribution < 1.29 is 9.90 Å². The molecular formula is C14H20INO2. The fourth-order valence-electron chi connectivity index (χ4n) is 3.15. The first-order valence-corrected chi connectivity index (χ1v) is 7.69. The summed E-state index contributed by atoms with van der Waals surface area (Å²) in [5.74, 6) is 0.392. The number of carboxylic acids is 1. The maximum absolute atomic E-state index is 11.3. The topological polar surface area (TPSA) is 42.2 Å². The van der Waals surface area contributed by atoms with Gasteiger partial charge < -0.3 is 9.67 Å². The van der Waals surface area contributed by atoms with E-state index in [1.165, 1.54) is 19.3 Å². The molecule has 0 aliphatic heterocycles. The molecule has 0 amide bonds. The highest BCUT2D eigenvalue weighted by molar-refractivity contribution is 14.1. The molecule has 1 saturated carbocycles. The number of carbonyl (C=O) groups is 1. The highest BCUT2D eigenvalue weighted by atomic mass is 127. The van der Waals surface area contributed by atoms with E-state index >= 15 is 0 Å². The van der Waals surface area contributed by atoms with E-state index in [1.54, 1.807) is 6.07 Å². The lowest BCUT2D eigenvalue weighted by Crippen LogP contribution is -2.28.